The van der Waals surface area contributed by atoms with Gasteiger partial charge in [-0.25, -0.2) is 4.39 Å². The Hall–Kier alpha value is -0.740. The second kappa shape index (κ2) is 5.49. The molecule has 1 aliphatic rings. The molecule has 0 radical (unpaired) electrons. The van der Waals surface area contributed by atoms with E-state index in [0.29, 0.717) is 4.47 Å². The molecule has 1 aromatic rings. The molecule has 0 unspecified atom stereocenters. The summed E-state index contributed by atoms with van der Waals surface area (Å²) in [7, 11) is 0. The van der Waals surface area contributed by atoms with Gasteiger partial charge in [-0.05, 0) is 31.0 Å². The minimum absolute atomic E-state index is 0.139. The molecule has 18 heavy (non-hydrogen) atoms. The zero-order valence-electron chi connectivity index (χ0n) is 10.2. The molecule has 0 aliphatic heterocycles. The minimum Gasteiger partial charge on any atom is -0.325 e. The first-order valence-electron chi connectivity index (χ1n) is 6.27. The van der Waals surface area contributed by atoms with Gasteiger partial charge in [0.25, 0.3) is 0 Å². The van der Waals surface area contributed by atoms with E-state index in [0.717, 1.165) is 25.7 Å². The molecule has 4 heteroatoms. The van der Waals surface area contributed by atoms with E-state index < -0.39 is 11.4 Å². The summed E-state index contributed by atoms with van der Waals surface area (Å²) in [6.07, 6.45) is 5.25. The molecule has 0 saturated heterocycles. The van der Waals surface area contributed by atoms with Crippen molar-refractivity contribution in [1.29, 1.82) is 0 Å². The molecule has 0 heterocycles. The van der Waals surface area contributed by atoms with E-state index in [1.807, 2.05) is 0 Å². The number of carbonyl (C=O) groups excluding carboxylic acids is 1. The van der Waals surface area contributed by atoms with E-state index in [-0.39, 0.29) is 17.8 Å². The number of halogens is 2. The van der Waals surface area contributed by atoms with Crippen LogP contribution in [0.4, 0.5) is 4.39 Å². The number of carbonyl (C=O) groups is 1. The summed E-state index contributed by atoms with van der Waals surface area (Å²) < 4.78 is 14.3. The highest BCUT2D eigenvalue weighted by Gasteiger charge is 2.31. The van der Waals surface area contributed by atoms with Crippen molar-refractivity contribution in [3.8, 4) is 0 Å². The highest BCUT2D eigenvalue weighted by molar-refractivity contribution is 9.10. The number of nitrogens with two attached hydrogens (primary N) is 1. The number of ketones is 1. The van der Waals surface area contributed by atoms with E-state index in [4.69, 9.17) is 5.73 Å². The molecule has 98 valence electrons. The SMILES string of the molecule is NC1(CC(=O)c2cc(Br)ccc2F)CCCCC1. The van der Waals surface area contributed by atoms with Gasteiger partial charge in [0.15, 0.2) is 5.78 Å². The van der Waals surface area contributed by atoms with Crippen LogP contribution in [0.5, 0.6) is 0 Å². The van der Waals surface area contributed by atoms with Crippen LogP contribution in [0, 0.1) is 5.82 Å². The Morgan fingerprint density at radius 1 is 1.33 bits per heavy atom. The maximum Gasteiger partial charge on any atom is 0.167 e. The van der Waals surface area contributed by atoms with E-state index >= 15 is 0 Å². The zero-order valence-corrected chi connectivity index (χ0v) is 11.8. The van der Waals surface area contributed by atoms with E-state index in [9.17, 15) is 9.18 Å². The molecule has 1 aromatic carbocycles. The first kappa shape index (κ1) is 13.7. The van der Waals surface area contributed by atoms with E-state index in [1.54, 1.807) is 6.07 Å². The minimum atomic E-state index is -0.470. The Kier molecular flexibility index (Phi) is 4.17. The normalized spacial score (nSPS) is 18.6. The second-order valence-corrected chi connectivity index (χ2v) is 6.06. The molecule has 1 aliphatic carbocycles. The first-order valence-corrected chi connectivity index (χ1v) is 7.07. The molecule has 1 fully saturated rings. The average molecular weight is 314 g/mol. The van der Waals surface area contributed by atoms with Crippen molar-refractivity contribution in [3.63, 3.8) is 0 Å². The van der Waals surface area contributed by atoms with Crippen molar-refractivity contribution in [2.75, 3.05) is 0 Å². The van der Waals surface area contributed by atoms with Crippen molar-refractivity contribution in [2.45, 2.75) is 44.1 Å². The van der Waals surface area contributed by atoms with Crippen molar-refractivity contribution in [2.24, 2.45) is 5.73 Å². The van der Waals surface area contributed by atoms with E-state index in [1.165, 1.54) is 18.6 Å². The number of hydrogen-bond acceptors (Lipinski definition) is 2. The van der Waals surface area contributed by atoms with Gasteiger partial charge in [0.1, 0.15) is 5.82 Å². The average Bonchev–Trinajstić information content (AvgIpc) is 2.32. The van der Waals surface area contributed by atoms with Gasteiger partial charge in [-0.1, -0.05) is 35.2 Å². The van der Waals surface area contributed by atoms with Crippen LogP contribution in [-0.4, -0.2) is 11.3 Å². The lowest BCUT2D eigenvalue weighted by molar-refractivity contribution is 0.0930. The van der Waals surface area contributed by atoms with Crippen molar-refractivity contribution < 1.29 is 9.18 Å². The Morgan fingerprint density at radius 3 is 2.67 bits per heavy atom. The summed E-state index contributed by atoms with van der Waals surface area (Å²) in [6, 6.07) is 4.43. The monoisotopic (exact) mass is 313 g/mol. The Bertz CT molecular complexity index is 455. The fourth-order valence-electron chi connectivity index (χ4n) is 2.56. The van der Waals surface area contributed by atoms with Gasteiger partial charge >= 0.3 is 0 Å². The standard InChI is InChI=1S/C14H17BrFNO/c15-10-4-5-12(16)11(8-10)13(18)9-14(17)6-2-1-3-7-14/h4-5,8H,1-3,6-7,9,17H2. The third-order valence-electron chi connectivity index (χ3n) is 3.59. The highest BCUT2D eigenvalue weighted by Crippen LogP contribution is 2.30. The van der Waals surface area contributed by atoms with Crippen LogP contribution >= 0.6 is 15.9 Å². The predicted octanol–water partition coefficient (Wildman–Crippen LogP) is 3.82. The second-order valence-electron chi connectivity index (χ2n) is 5.15. The summed E-state index contributed by atoms with van der Waals surface area (Å²) in [4.78, 5) is 12.2. The predicted molar refractivity (Wildman–Crippen MR) is 73.1 cm³/mol. The quantitative estimate of drug-likeness (QED) is 0.862. The smallest absolute Gasteiger partial charge is 0.167 e. The van der Waals surface area contributed by atoms with Gasteiger partial charge in [0.05, 0.1) is 5.56 Å². The third-order valence-corrected chi connectivity index (χ3v) is 4.08. The molecular weight excluding hydrogens is 297 g/mol. The fraction of sp³-hybridized carbons (Fsp3) is 0.500. The summed E-state index contributed by atoms with van der Waals surface area (Å²) >= 11 is 3.25. The van der Waals surface area contributed by atoms with Crippen LogP contribution in [0.1, 0.15) is 48.9 Å². The molecule has 0 bridgehead atoms. The van der Waals surface area contributed by atoms with Gasteiger partial charge in [-0.15, -0.1) is 0 Å². The summed E-state index contributed by atoms with van der Waals surface area (Å²) in [5.41, 5.74) is 5.93. The molecule has 1 saturated carbocycles. The summed E-state index contributed by atoms with van der Waals surface area (Å²) in [5.74, 6) is -0.666. The zero-order chi connectivity index (χ0) is 13.2. The lowest BCUT2D eigenvalue weighted by Crippen LogP contribution is -2.43. The Balaban J connectivity index is 2.14. The van der Waals surface area contributed by atoms with Crippen molar-refractivity contribution in [1.82, 2.24) is 0 Å². The molecule has 0 atom stereocenters. The van der Waals surface area contributed by atoms with Crippen LogP contribution in [0.25, 0.3) is 0 Å². The van der Waals surface area contributed by atoms with Crippen LogP contribution in [0.15, 0.2) is 22.7 Å². The van der Waals surface area contributed by atoms with Crippen LogP contribution in [0.3, 0.4) is 0 Å². The molecule has 2 nitrogen and oxygen atoms in total. The molecule has 0 amide bonds. The number of hydrogen-bond donors (Lipinski definition) is 1. The van der Waals surface area contributed by atoms with Crippen LogP contribution < -0.4 is 5.73 Å². The van der Waals surface area contributed by atoms with Crippen molar-refractivity contribution in [3.05, 3.63) is 34.1 Å². The lowest BCUT2D eigenvalue weighted by atomic mass is 9.78. The molecular formula is C14H17BrFNO. The third kappa shape index (κ3) is 3.18. The number of Topliss-reactive ketones (excluding diaryl/α,β-unsaturated/α-hetero) is 1. The largest absolute Gasteiger partial charge is 0.325 e. The van der Waals surface area contributed by atoms with E-state index in [2.05, 4.69) is 15.9 Å². The van der Waals surface area contributed by atoms with Gasteiger partial charge < -0.3 is 5.73 Å². The Labute approximate surface area is 115 Å². The number of benzene rings is 1. The Morgan fingerprint density at radius 2 is 2.00 bits per heavy atom. The maximum atomic E-state index is 13.6. The topological polar surface area (TPSA) is 43.1 Å². The molecule has 0 spiro atoms. The molecule has 2 N–H and O–H groups in total. The van der Waals surface area contributed by atoms with Gasteiger partial charge in [-0.3, -0.25) is 4.79 Å². The first-order chi connectivity index (χ1) is 8.50. The fourth-order valence-corrected chi connectivity index (χ4v) is 2.92. The lowest BCUT2D eigenvalue weighted by Gasteiger charge is -2.32. The van der Waals surface area contributed by atoms with Crippen LogP contribution in [0.2, 0.25) is 0 Å². The summed E-state index contributed by atoms with van der Waals surface area (Å²) in [6.45, 7) is 0. The van der Waals surface area contributed by atoms with Gasteiger partial charge in [-0.2, -0.15) is 0 Å². The summed E-state index contributed by atoms with van der Waals surface area (Å²) in [5, 5.41) is 0. The maximum absolute atomic E-state index is 13.6. The highest BCUT2D eigenvalue weighted by atomic mass is 79.9. The van der Waals surface area contributed by atoms with Crippen molar-refractivity contribution >= 4 is 21.7 Å². The van der Waals surface area contributed by atoms with Gasteiger partial charge in [0.2, 0.25) is 0 Å². The number of rotatable bonds is 3. The van der Waals surface area contributed by atoms with Crippen LogP contribution in [-0.2, 0) is 0 Å². The molecule has 0 aromatic heterocycles. The van der Waals surface area contributed by atoms with Gasteiger partial charge in [0, 0.05) is 16.4 Å². The molecule has 2 rings (SSSR count).